The molecule has 2 aromatic rings. The second-order valence-corrected chi connectivity index (χ2v) is 3.84. The first-order chi connectivity index (χ1) is 11.9. The summed E-state index contributed by atoms with van der Waals surface area (Å²) < 4.78 is 121. The quantitative estimate of drug-likeness (QED) is 0.293. The molecule has 0 atom stereocenters. The van der Waals surface area contributed by atoms with Gasteiger partial charge in [-0.05, 0) is 0 Å². The minimum absolute atomic E-state index is 1.87. The zero-order valence-corrected chi connectivity index (χ0v) is 13.4. The SMILES string of the molecule is Oc1c(F)c(F)c(F)c(F)c1F.Oc1c(F)c(F)c(F)c(F)c1F.[CH3][Al]. The van der Waals surface area contributed by atoms with Gasteiger partial charge in [0.1, 0.15) is 16.3 Å². The van der Waals surface area contributed by atoms with Gasteiger partial charge in [-0.15, -0.1) is 5.79 Å². The summed E-state index contributed by atoms with van der Waals surface area (Å²) in [6.45, 7) is 0. The standard InChI is InChI=1S/2C6HF5O.CH3.Al/c2*7-1-2(8)4(10)6(12)5(11)3(1)9;;/h2*12H;1H3;. The lowest BCUT2D eigenvalue weighted by Crippen LogP contribution is -2.00. The molecule has 0 fully saturated rings. The van der Waals surface area contributed by atoms with Crippen LogP contribution in [-0.2, 0) is 0 Å². The van der Waals surface area contributed by atoms with Gasteiger partial charge in [0.05, 0.1) is 0 Å². The minimum Gasteiger partial charge on any atom is -0.503 e. The number of phenols is 2. The Bertz CT molecular complexity index is 535. The van der Waals surface area contributed by atoms with Gasteiger partial charge in [-0.1, -0.05) is 0 Å². The molecule has 0 aliphatic heterocycles. The van der Waals surface area contributed by atoms with Crippen LogP contribution in [0.1, 0.15) is 0 Å². The van der Waals surface area contributed by atoms with Crippen LogP contribution in [0, 0.1) is 58.2 Å². The van der Waals surface area contributed by atoms with E-state index in [0.717, 1.165) is 0 Å². The summed E-state index contributed by atoms with van der Waals surface area (Å²) in [5.41, 5.74) is 0. The fraction of sp³-hybridized carbons (Fsp3) is 0.0769. The van der Waals surface area contributed by atoms with Crippen molar-refractivity contribution in [3.8, 4) is 11.5 Å². The van der Waals surface area contributed by atoms with Crippen molar-refractivity contribution in [1.29, 1.82) is 0 Å². The Kier molecular flexibility index (Phi) is 8.76. The molecule has 142 valence electrons. The van der Waals surface area contributed by atoms with E-state index in [0.29, 0.717) is 0 Å². The van der Waals surface area contributed by atoms with Crippen molar-refractivity contribution in [3.05, 3.63) is 58.2 Å². The van der Waals surface area contributed by atoms with Gasteiger partial charge < -0.3 is 10.2 Å². The fourth-order valence-corrected chi connectivity index (χ4v) is 1.19. The molecular formula is C13H5AlF10O2. The fourth-order valence-electron chi connectivity index (χ4n) is 1.19. The van der Waals surface area contributed by atoms with Gasteiger partial charge in [0.15, 0.2) is 11.5 Å². The van der Waals surface area contributed by atoms with Gasteiger partial charge in [0, 0.05) is 0 Å². The molecule has 0 unspecified atom stereocenters. The van der Waals surface area contributed by atoms with E-state index in [1.807, 2.05) is 5.79 Å². The first-order valence-electron chi connectivity index (χ1n) is 5.91. The molecule has 0 bridgehead atoms. The number of halogens is 10. The molecule has 0 aliphatic carbocycles. The van der Waals surface area contributed by atoms with Crippen LogP contribution >= 0.6 is 0 Å². The Hall–Kier alpha value is -2.13. The highest BCUT2D eigenvalue weighted by Gasteiger charge is 2.25. The lowest BCUT2D eigenvalue weighted by molar-refractivity contribution is 0.325. The van der Waals surface area contributed by atoms with Crippen molar-refractivity contribution in [2.45, 2.75) is 5.79 Å². The Morgan fingerprint density at radius 1 is 0.385 bits per heavy atom. The summed E-state index contributed by atoms with van der Waals surface area (Å²) >= 11 is 2.42. The molecule has 2 nitrogen and oxygen atoms in total. The molecule has 0 aliphatic rings. The zero-order chi connectivity index (χ0) is 20.9. The van der Waals surface area contributed by atoms with Crippen LogP contribution in [0.15, 0.2) is 0 Å². The third-order valence-corrected chi connectivity index (χ3v) is 2.37. The Morgan fingerprint density at radius 2 is 0.500 bits per heavy atom. The van der Waals surface area contributed by atoms with Crippen molar-refractivity contribution >= 4 is 16.3 Å². The number of rotatable bonds is 0. The number of phenolic OH excluding ortho intramolecular Hbond substituents is 2. The molecule has 2 rings (SSSR count). The van der Waals surface area contributed by atoms with Crippen LogP contribution in [0.3, 0.4) is 0 Å². The Balaban J connectivity index is 0.000000439. The molecule has 0 amide bonds. The number of benzene rings is 2. The van der Waals surface area contributed by atoms with Crippen molar-refractivity contribution in [3.63, 3.8) is 0 Å². The van der Waals surface area contributed by atoms with Crippen molar-refractivity contribution in [2.75, 3.05) is 0 Å². The largest absolute Gasteiger partial charge is 0.503 e. The molecule has 0 saturated heterocycles. The summed E-state index contributed by atoms with van der Waals surface area (Å²) in [4.78, 5) is 0. The number of aromatic hydroxyl groups is 2. The van der Waals surface area contributed by atoms with Gasteiger partial charge in [-0.3, -0.25) is 0 Å². The minimum atomic E-state index is -2.29. The predicted octanol–water partition coefficient (Wildman–Crippen LogP) is 4.38. The van der Waals surface area contributed by atoms with Crippen molar-refractivity contribution in [1.82, 2.24) is 0 Å². The summed E-state index contributed by atoms with van der Waals surface area (Å²) in [6.07, 6.45) is 0. The highest BCUT2D eigenvalue weighted by atomic mass is 27.0. The average Bonchev–Trinajstić information content (AvgIpc) is 2.66. The molecule has 0 aromatic heterocycles. The van der Waals surface area contributed by atoms with Gasteiger partial charge in [0.2, 0.25) is 58.2 Å². The molecule has 0 heterocycles. The van der Waals surface area contributed by atoms with E-state index in [2.05, 4.69) is 16.3 Å². The molecule has 2 radical (unpaired) electrons. The molecule has 0 spiro atoms. The normalized spacial score (nSPS) is 9.81. The van der Waals surface area contributed by atoms with E-state index in [1.54, 1.807) is 0 Å². The van der Waals surface area contributed by atoms with Crippen LogP contribution in [0.2, 0.25) is 5.79 Å². The second-order valence-electron chi connectivity index (χ2n) is 3.84. The first-order valence-corrected chi connectivity index (χ1v) is 7.07. The lowest BCUT2D eigenvalue weighted by Gasteiger charge is -2.00. The number of hydrogen-bond acceptors (Lipinski definition) is 2. The van der Waals surface area contributed by atoms with Gasteiger partial charge in [-0.25, -0.2) is 26.3 Å². The van der Waals surface area contributed by atoms with E-state index in [1.165, 1.54) is 0 Å². The number of hydrogen-bond donors (Lipinski definition) is 2. The van der Waals surface area contributed by atoms with Gasteiger partial charge in [-0.2, -0.15) is 17.6 Å². The maximum atomic E-state index is 12.2. The summed E-state index contributed by atoms with van der Waals surface area (Å²) in [7, 11) is 0. The monoisotopic (exact) mass is 410 g/mol. The summed E-state index contributed by atoms with van der Waals surface area (Å²) in [5.74, 6) is -24.0. The maximum Gasteiger partial charge on any atom is 0.206 e. The zero-order valence-electron chi connectivity index (χ0n) is 12.3. The maximum absolute atomic E-state index is 12.2. The Morgan fingerprint density at radius 3 is 0.654 bits per heavy atom. The molecule has 26 heavy (non-hydrogen) atoms. The second kappa shape index (κ2) is 9.54. The van der Waals surface area contributed by atoms with Crippen LogP contribution in [-0.4, -0.2) is 26.5 Å². The van der Waals surface area contributed by atoms with Crippen molar-refractivity contribution in [2.24, 2.45) is 0 Å². The lowest BCUT2D eigenvalue weighted by atomic mass is 10.3. The smallest absolute Gasteiger partial charge is 0.206 e. The highest BCUT2D eigenvalue weighted by Crippen LogP contribution is 2.28. The van der Waals surface area contributed by atoms with E-state index in [4.69, 9.17) is 10.2 Å². The van der Waals surface area contributed by atoms with E-state index in [-0.39, 0.29) is 0 Å². The Labute approximate surface area is 146 Å². The van der Waals surface area contributed by atoms with E-state index in [9.17, 15) is 43.9 Å². The topological polar surface area (TPSA) is 40.5 Å². The molecule has 13 heteroatoms. The molecule has 2 aromatic carbocycles. The third kappa shape index (κ3) is 4.53. The molecule has 2 N–H and O–H groups in total. The van der Waals surface area contributed by atoms with Crippen LogP contribution in [0.25, 0.3) is 0 Å². The third-order valence-electron chi connectivity index (χ3n) is 2.37. The first kappa shape index (κ1) is 23.9. The van der Waals surface area contributed by atoms with Gasteiger partial charge >= 0.3 is 0 Å². The van der Waals surface area contributed by atoms with Crippen LogP contribution in [0.5, 0.6) is 11.5 Å². The van der Waals surface area contributed by atoms with Crippen molar-refractivity contribution < 1.29 is 54.1 Å². The highest BCUT2D eigenvalue weighted by molar-refractivity contribution is 6.05. The van der Waals surface area contributed by atoms with E-state index < -0.39 is 69.7 Å². The average molecular weight is 410 g/mol. The van der Waals surface area contributed by atoms with Crippen LogP contribution < -0.4 is 0 Å². The van der Waals surface area contributed by atoms with Gasteiger partial charge in [0.25, 0.3) is 0 Å². The molecular weight excluding hydrogens is 405 g/mol. The van der Waals surface area contributed by atoms with Crippen LogP contribution in [0.4, 0.5) is 43.9 Å². The summed E-state index contributed by atoms with van der Waals surface area (Å²) in [5, 5.41) is 16.6. The van der Waals surface area contributed by atoms with E-state index >= 15 is 0 Å². The molecule has 0 saturated carbocycles. The predicted molar refractivity (Wildman–Crippen MR) is 67.4 cm³/mol. The summed E-state index contributed by atoms with van der Waals surface area (Å²) in [6, 6.07) is 0.